The van der Waals surface area contributed by atoms with Crippen LogP contribution in [0.5, 0.6) is 0 Å². The Morgan fingerprint density at radius 1 is 1.06 bits per heavy atom. The average molecular weight is 256 g/mol. The van der Waals surface area contributed by atoms with Gasteiger partial charge in [0.2, 0.25) is 0 Å². The molecule has 0 fully saturated rings. The zero-order chi connectivity index (χ0) is 12.3. The second-order valence-electron chi connectivity index (χ2n) is 5.26. The molecule has 2 aliphatic heterocycles. The number of halogens is 1. The molecule has 0 aliphatic carbocycles. The lowest BCUT2D eigenvalue weighted by atomic mass is 9.92. The van der Waals surface area contributed by atoms with Gasteiger partial charge in [0, 0.05) is 11.1 Å². The Kier molecular flexibility index (Phi) is 2.12. The zero-order valence-electron chi connectivity index (χ0n) is 10.2. The molecular formula is C16H14ClN. The van der Waals surface area contributed by atoms with Crippen LogP contribution in [0.1, 0.15) is 34.3 Å². The van der Waals surface area contributed by atoms with E-state index in [0.29, 0.717) is 12.1 Å². The predicted octanol–water partition coefficient (Wildman–Crippen LogP) is 3.97. The maximum absolute atomic E-state index is 6.15. The molecule has 0 spiro atoms. The largest absolute Gasteiger partial charge is 0.288 e. The molecule has 0 radical (unpaired) electrons. The van der Waals surface area contributed by atoms with Crippen LogP contribution in [0, 0.1) is 0 Å². The molecular weight excluding hydrogens is 242 g/mol. The first-order valence-corrected chi connectivity index (χ1v) is 6.72. The van der Waals surface area contributed by atoms with E-state index in [1.807, 2.05) is 6.07 Å². The van der Waals surface area contributed by atoms with Crippen molar-refractivity contribution in [3.8, 4) is 0 Å². The fourth-order valence-corrected chi connectivity index (χ4v) is 3.72. The third-order valence-corrected chi connectivity index (χ3v) is 4.60. The molecule has 90 valence electrons. The summed E-state index contributed by atoms with van der Waals surface area (Å²) >= 11 is 6.15. The Bertz CT molecular complexity index is 635. The molecule has 0 saturated carbocycles. The van der Waals surface area contributed by atoms with Crippen LogP contribution < -0.4 is 0 Å². The van der Waals surface area contributed by atoms with Gasteiger partial charge < -0.3 is 0 Å². The van der Waals surface area contributed by atoms with Gasteiger partial charge in [-0.2, -0.15) is 0 Å². The molecule has 2 unspecified atom stereocenters. The first kappa shape index (κ1) is 10.6. The fraction of sp³-hybridized carbons (Fsp3) is 0.250. The third kappa shape index (κ3) is 1.26. The highest BCUT2D eigenvalue weighted by Crippen LogP contribution is 2.50. The molecule has 0 aromatic heterocycles. The van der Waals surface area contributed by atoms with Crippen molar-refractivity contribution < 1.29 is 0 Å². The zero-order valence-corrected chi connectivity index (χ0v) is 11.0. The van der Waals surface area contributed by atoms with Gasteiger partial charge in [0.05, 0.1) is 6.04 Å². The summed E-state index contributed by atoms with van der Waals surface area (Å²) in [6.45, 7) is 0. The molecule has 2 heteroatoms. The molecule has 4 rings (SSSR count). The molecule has 1 nitrogen and oxygen atoms in total. The quantitative estimate of drug-likeness (QED) is 0.689. The van der Waals surface area contributed by atoms with Gasteiger partial charge in [0.15, 0.2) is 0 Å². The van der Waals surface area contributed by atoms with Gasteiger partial charge in [-0.05, 0) is 47.9 Å². The highest BCUT2D eigenvalue weighted by Gasteiger charge is 2.41. The van der Waals surface area contributed by atoms with Crippen molar-refractivity contribution in [1.29, 1.82) is 0 Å². The van der Waals surface area contributed by atoms with E-state index < -0.39 is 0 Å². The van der Waals surface area contributed by atoms with Crippen molar-refractivity contribution in [3.63, 3.8) is 0 Å². The minimum atomic E-state index is 0.409. The highest BCUT2D eigenvalue weighted by molar-refractivity contribution is 6.30. The van der Waals surface area contributed by atoms with Crippen molar-refractivity contribution in [2.24, 2.45) is 0 Å². The van der Waals surface area contributed by atoms with Gasteiger partial charge >= 0.3 is 0 Å². The predicted molar refractivity (Wildman–Crippen MR) is 73.9 cm³/mol. The summed E-state index contributed by atoms with van der Waals surface area (Å²) < 4.78 is 0. The summed E-state index contributed by atoms with van der Waals surface area (Å²) in [6, 6.07) is 16.0. The molecule has 0 saturated heterocycles. The molecule has 2 aromatic carbocycles. The number of benzene rings is 2. The van der Waals surface area contributed by atoms with E-state index in [9.17, 15) is 0 Å². The summed E-state index contributed by atoms with van der Waals surface area (Å²) in [6.07, 6.45) is 1.09. The van der Waals surface area contributed by atoms with Gasteiger partial charge in [-0.3, -0.25) is 4.90 Å². The lowest BCUT2D eigenvalue weighted by Gasteiger charge is -2.33. The van der Waals surface area contributed by atoms with Crippen LogP contribution in [0.3, 0.4) is 0 Å². The minimum absolute atomic E-state index is 0.409. The van der Waals surface area contributed by atoms with Crippen molar-refractivity contribution in [2.75, 3.05) is 7.05 Å². The van der Waals surface area contributed by atoms with Gasteiger partial charge in [-0.15, -0.1) is 0 Å². The summed E-state index contributed by atoms with van der Waals surface area (Å²) in [7, 11) is 2.22. The molecule has 2 aromatic rings. The maximum Gasteiger partial charge on any atom is 0.0610 e. The lowest BCUT2D eigenvalue weighted by molar-refractivity contribution is 0.213. The Hall–Kier alpha value is -1.31. The number of hydrogen-bond donors (Lipinski definition) is 0. The number of rotatable bonds is 0. The first-order chi connectivity index (χ1) is 8.75. The number of fused-ring (bicyclic) bond motifs is 7. The van der Waals surface area contributed by atoms with Crippen LogP contribution >= 0.6 is 11.6 Å². The normalized spacial score (nSPS) is 24.8. The smallest absolute Gasteiger partial charge is 0.0610 e. The van der Waals surface area contributed by atoms with Crippen molar-refractivity contribution in [1.82, 2.24) is 4.90 Å². The molecule has 0 amide bonds. The SMILES string of the molecule is CN1C2Cc3ccccc3C1c1ccc(Cl)cc12. The van der Waals surface area contributed by atoms with E-state index in [4.69, 9.17) is 11.6 Å². The van der Waals surface area contributed by atoms with E-state index >= 15 is 0 Å². The Labute approximate surface area is 112 Å². The van der Waals surface area contributed by atoms with E-state index in [-0.39, 0.29) is 0 Å². The maximum atomic E-state index is 6.15. The van der Waals surface area contributed by atoms with E-state index in [1.54, 1.807) is 0 Å². The van der Waals surface area contributed by atoms with Crippen LogP contribution in [0.25, 0.3) is 0 Å². The highest BCUT2D eigenvalue weighted by atomic mass is 35.5. The molecule has 2 heterocycles. The Balaban J connectivity index is 1.98. The Morgan fingerprint density at radius 2 is 1.89 bits per heavy atom. The van der Waals surface area contributed by atoms with Crippen molar-refractivity contribution in [2.45, 2.75) is 18.5 Å². The fourth-order valence-electron chi connectivity index (χ4n) is 3.54. The molecule has 0 N–H and O–H groups in total. The van der Waals surface area contributed by atoms with Crippen LogP contribution in [-0.2, 0) is 6.42 Å². The number of likely N-dealkylation sites (N-methyl/N-ethyl adjacent to an activating group) is 1. The molecule has 2 atom stereocenters. The van der Waals surface area contributed by atoms with Crippen molar-refractivity contribution >= 4 is 11.6 Å². The summed E-state index contributed by atoms with van der Waals surface area (Å²) in [4.78, 5) is 2.48. The number of nitrogens with zero attached hydrogens (tertiary/aromatic N) is 1. The van der Waals surface area contributed by atoms with Crippen LogP contribution in [0.4, 0.5) is 0 Å². The second kappa shape index (κ2) is 3.59. The topological polar surface area (TPSA) is 3.24 Å². The van der Waals surface area contributed by atoms with Gasteiger partial charge in [0.1, 0.15) is 0 Å². The minimum Gasteiger partial charge on any atom is -0.288 e. The average Bonchev–Trinajstić information content (AvgIpc) is 2.56. The van der Waals surface area contributed by atoms with Gasteiger partial charge in [-0.1, -0.05) is 41.9 Å². The Morgan fingerprint density at radius 3 is 2.78 bits per heavy atom. The van der Waals surface area contributed by atoms with Crippen LogP contribution in [0.15, 0.2) is 42.5 Å². The standard InChI is InChI=1S/C16H14ClN/c1-18-15-8-10-4-2-3-5-12(10)16(18)13-7-6-11(17)9-14(13)15/h2-7,9,15-16H,8H2,1H3. The van der Waals surface area contributed by atoms with E-state index in [0.717, 1.165) is 11.4 Å². The number of hydrogen-bond acceptors (Lipinski definition) is 1. The molecule has 2 aliphatic rings. The summed E-state index contributed by atoms with van der Waals surface area (Å²) in [5, 5.41) is 0.846. The monoisotopic (exact) mass is 255 g/mol. The lowest BCUT2D eigenvalue weighted by Crippen LogP contribution is -2.29. The summed E-state index contributed by atoms with van der Waals surface area (Å²) in [5.41, 5.74) is 5.78. The molecule has 2 bridgehead atoms. The second-order valence-corrected chi connectivity index (χ2v) is 5.70. The molecule has 18 heavy (non-hydrogen) atoms. The first-order valence-electron chi connectivity index (χ1n) is 6.35. The van der Waals surface area contributed by atoms with E-state index in [2.05, 4.69) is 48.3 Å². The summed E-state index contributed by atoms with van der Waals surface area (Å²) in [5.74, 6) is 0. The van der Waals surface area contributed by atoms with Crippen LogP contribution in [0.2, 0.25) is 5.02 Å². The van der Waals surface area contributed by atoms with Gasteiger partial charge in [-0.25, -0.2) is 0 Å². The van der Waals surface area contributed by atoms with Gasteiger partial charge in [0.25, 0.3) is 0 Å². The third-order valence-electron chi connectivity index (χ3n) is 4.36. The van der Waals surface area contributed by atoms with E-state index in [1.165, 1.54) is 22.3 Å². The van der Waals surface area contributed by atoms with Crippen LogP contribution in [-0.4, -0.2) is 11.9 Å². The van der Waals surface area contributed by atoms with Crippen molar-refractivity contribution in [3.05, 3.63) is 69.7 Å².